The van der Waals surface area contributed by atoms with Crippen molar-refractivity contribution in [1.29, 1.82) is 0 Å². The Bertz CT molecular complexity index is 488. The summed E-state index contributed by atoms with van der Waals surface area (Å²) in [6, 6.07) is 3.75. The molecule has 0 aliphatic carbocycles. The normalized spacial score (nSPS) is 10.8. The van der Waals surface area contributed by atoms with Crippen LogP contribution in [0.3, 0.4) is 0 Å². The van der Waals surface area contributed by atoms with Crippen LogP contribution in [0.2, 0.25) is 5.02 Å². The fourth-order valence-corrected chi connectivity index (χ4v) is 2.13. The van der Waals surface area contributed by atoms with E-state index >= 15 is 0 Å². The summed E-state index contributed by atoms with van der Waals surface area (Å²) in [5.74, 6) is 0. The van der Waals surface area contributed by atoms with Gasteiger partial charge in [-0.25, -0.2) is 0 Å². The molecule has 2 aromatic rings. The molecule has 0 bridgehead atoms. The molecule has 0 atom stereocenters. The summed E-state index contributed by atoms with van der Waals surface area (Å²) in [5, 5.41) is 0.659. The Morgan fingerprint density at radius 1 is 1.33 bits per heavy atom. The van der Waals surface area contributed by atoms with Crippen LogP contribution >= 0.6 is 39.7 Å². The van der Waals surface area contributed by atoms with E-state index in [2.05, 4.69) is 25.9 Å². The summed E-state index contributed by atoms with van der Waals surface area (Å²) in [6.07, 6.45) is 0. The van der Waals surface area contributed by atoms with Gasteiger partial charge in [0, 0.05) is 4.47 Å². The quantitative estimate of drug-likeness (QED) is 0.699. The van der Waals surface area contributed by atoms with Crippen molar-refractivity contribution in [2.75, 3.05) is 0 Å². The molecule has 0 spiro atoms. The van der Waals surface area contributed by atoms with Crippen molar-refractivity contribution in [1.82, 2.24) is 9.97 Å². The van der Waals surface area contributed by atoms with Crippen LogP contribution in [0, 0.1) is 4.77 Å². The number of aromatic nitrogens is 2. The molecule has 2 nitrogen and oxygen atoms in total. The number of benzene rings is 1. The third kappa shape index (κ3) is 1.30. The number of hydrogen-bond acceptors (Lipinski definition) is 1. The lowest BCUT2D eigenvalue weighted by atomic mass is 10.3. The minimum Gasteiger partial charge on any atom is -0.331 e. The van der Waals surface area contributed by atoms with Crippen molar-refractivity contribution in [3.05, 3.63) is 26.4 Å². The summed E-state index contributed by atoms with van der Waals surface area (Å²) in [5.41, 5.74) is 1.77. The molecule has 0 saturated heterocycles. The van der Waals surface area contributed by atoms with Gasteiger partial charge in [-0.1, -0.05) is 27.5 Å². The number of nitrogens with one attached hydrogen (secondary N) is 2. The molecule has 1 aromatic carbocycles. The molecule has 62 valence electrons. The summed E-state index contributed by atoms with van der Waals surface area (Å²) in [6.45, 7) is 0. The smallest absolute Gasteiger partial charge is 0.175 e. The second-order valence-electron chi connectivity index (χ2n) is 2.39. The Balaban J connectivity index is 2.97. The lowest BCUT2D eigenvalue weighted by Gasteiger charge is -1.93. The third-order valence-corrected chi connectivity index (χ3v) is 2.50. The molecule has 5 heteroatoms. The van der Waals surface area contributed by atoms with Crippen molar-refractivity contribution >= 4 is 50.8 Å². The number of imidazole rings is 1. The van der Waals surface area contributed by atoms with Gasteiger partial charge in [0.15, 0.2) is 4.77 Å². The van der Waals surface area contributed by atoms with E-state index in [0.29, 0.717) is 9.79 Å². The number of fused-ring (bicyclic) bond motifs is 1. The highest BCUT2D eigenvalue weighted by Crippen LogP contribution is 2.25. The van der Waals surface area contributed by atoms with E-state index < -0.39 is 0 Å². The van der Waals surface area contributed by atoms with Gasteiger partial charge in [0.1, 0.15) is 0 Å². The maximum atomic E-state index is 5.95. The van der Waals surface area contributed by atoms with Gasteiger partial charge in [-0.3, -0.25) is 0 Å². The number of H-pyrrole nitrogens is 2. The molecule has 2 N–H and O–H groups in total. The Morgan fingerprint density at radius 3 is 2.83 bits per heavy atom. The van der Waals surface area contributed by atoms with E-state index in [1.54, 1.807) is 0 Å². The van der Waals surface area contributed by atoms with Crippen molar-refractivity contribution in [3.63, 3.8) is 0 Å². The summed E-state index contributed by atoms with van der Waals surface area (Å²) in [7, 11) is 0. The number of rotatable bonds is 0. The van der Waals surface area contributed by atoms with Crippen LogP contribution in [0.25, 0.3) is 11.0 Å². The zero-order valence-electron chi connectivity index (χ0n) is 5.82. The van der Waals surface area contributed by atoms with Gasteiger partial charge >= 0.3 is 0 Å². The van der Waals surface area contributed by atoms with Crippen LogP contribution in [0.4, 0.5) is 0 Å². The van der Waals surface area contributed by atoms with Gasteiger partial charge in [0.05, 0.1) is 16.1 Å². The predicted octanol–water partition coefficient (Wildman–Crippen LogP) is 3.64. The predicted molar refractivity (Wildman–Crippen MR) is 56.2 cm³/mol. The number of hydrogen-bond donors (Lipinski definition) is 2. The summed E-state index contributed by atoms with van der Waals surface area (Å²) in [4.78, 5) is 5.95. The van der Waals surface area contributed by atoms with E-state index in [0.717, 1.165) is 15.5 Å². The second-order valence-corrected chi connectivity index (χ2v) is 4.12. The number of aromatic amines is 2. The molecule has 0 unspecified atom stereocenters. The Morgan fingerprint density at radius 2 is 2.08 bits per heavy atom. The van der Waals surface area contributed by atoms with Crippen molar-refractivity contribution in [2.45, 2.75) is 0 Å². The SMILES string of the molecule is S=c1[nH]c2cc(Br)cc(Cl)c2[nH]1. The number of halogens is 2. The maximum Gasteiger partial charge on any atom is 0.175 e. The van der Waals surface area contributed by atoms with Crippen LogP contribution < -0.4 is 0 Å². The molecule has 0 aliphatic rings. The van der Waals surface area contributed by atoms with Crippen LogP contribution in [0.1, 0.15) is 0 Å². The van der Waals surface area contributed by atoms with Gasteiger partial charge in [-0.15, -0.1) is 0 Å². The highest BCUT2D eigenvalue weighted by molar-refractivity contribution is 9.10. The summed E-state index contributed by atoms with van der Waals surface area (Å²) >= 11 is 14.2. The molecular weight excluding hydrogens is 260 g/mol. The monoisotopic (exact) mass is 262 g/mol. The molecule has 2 rings (SSSR count). The lowest BCUT2D eigenvalue weighted by Crippen LogP contribution is -1.71. The minimum atomic E-state index is 0.588. The third-order valence-electron chi connectivity index (χ3n) is 1.54. The first-order valence-electron chi connectivity index (χ1n) is 3.24. The Kier molecular flexibility index (Phi) is 1.98. The van der Waals surface area contributed by atoms with Crippen molar-refractivity contribution in [3.8, 4) is 0 Å². The summed E-state index contributed by atoms with van der Waals surface area (Å²) < 4.78 is 1.52. The largest absolute Gasteiger partial charge is 0.331 e. The van der Waals surface area contributed by atoms with Gasteiger partial charge in [0.2, 0.25) is 0 Å². The molecule has 0 amide bonds. The van der Waals surface area contributed by atoms with Gasteiger partial charge in [-0.05, 0) is 24.4 Å². The molecule has 1 heterocycles. The highest BCUT2D eigenvalue weighted by Gasteiger charge is 2.02. The molecule has 12 heavy (non-hydrogen) atoms. The van der Waals surface area contributed by atoms with Gasteiger partial charge in [0.25, 0.3) is 0 Å². The average molecular weight is 264 g/mol. The Labute approximate surface area is 87.1 Å². The van der Waals surface area contributed by atoms with Gasteiger partial charge in [-0.2, -0.15) is 0 Å². The highest BCUT2D eigenvalue weighted by atomic mass is 79.9. The average Bonchev–Trinajstić information content (AvgIpc) is 2.29. The second kappa shape index (κ2) is 2.87. The van der Waals surface area contributed by atoms with Crippen molar-refractivity contribution < 1.29 is 0 Å². The molecule has 0 aliphatic heterocycles. The van der Waals surface area contributed by atoms with E-state index in [4.69, 9.17) is 23.8 Å². The van der Waals surface area contributed by atoms with Crippen LogP contribution in [0.15, 0.2) is 16.6 Å². The zero-order valence-corrected chi connectivity index (χ0v) is 8.98. The van der Waals surface area contributed by atoms with E-state index in [1.165, 1.54) is 0 Å². The minimum absolute atomic E-state index is 0.588. The molecule has 0 radical (unpaired) electrons. The van der Waals surface area contributed by atoms with E-state index in [1.807, 2.05) is 12.1 Å². The first-order chi connectivity index (χ1) is 5.66. The fourth-order valence-electron chi connectivity index (χ4n) is 1.07. The van der Waals surface area contributed by atoms with Crippen LogP contribution in [0.5, 0.6) is 0 Å². The molecular formula is C7H4BrClN2S. The first-order valence-corrected chi connectivity index (χ1v) is 4.82. The van der Waals surface area contributed by atoms with Gasteiger partial charge < -0.3 is 9.97 Å². The van der Waals surface area contributed by atoms with E-state index in [9.17, 15) is 0 Å². The lowest BCUT2D eigenvalue weighted by molar-refractivity contribution is 1.30. The molecule has 0 fully saturated rings. The molecule has 1 aromatic heterocycles. The van der Waals surface area contributed by atoms with Crippen LogP contribution in [-0.4, -0.2) is 9.97 Å². The topological polar surface area (TPSA) is 31.6 Å². The fraction of sp³-hybridized carbons (Fsp3) is 0. The Hall–Kier alpha value is -0.320. The first kappa shape index (κ1) is 8.29. The molecule has 0 saturated carbocycles. The van der Waals surface area contributed by atoms with E-state index in [-0.39, 0.29) is 0 Å². The van der Waals surface area contributed by atoms with Crippen LogP contribution in [-0.2, 0) is 0 Å². The van der Waals surface area contributed by atoms with Crippen molar-refractivity contribution in [2.24, 2.45) is 0 Å². The maximum absolute atomic E-state index is 5.95. The zero-order chi connectivity index (χ0) is 8.72. The standard InChI is InChI=1S/C7H4BrClN2S/c8-3-1-4(9)6-5(2-3)10-7(12)11-6/h1-2H,(H2,10,11,12).